The summed E-state index contributed by atoms with van der Waals surface area (Å²) in [7, 11) is 1.58. The monoisotopic (exact) mass is 393 g/mol. The Balaban J connectivity index is 1.35. The van der Waals surface area contributed by atoms with E-state index in [9.17, 15) is 9.59 Å². The van der Waals surface area contributed by atoms with E-state index in [1.165, 1.54) is 5.56 Å². The number of hydrogen-bond acceptors (Lipinski definition) is 4. The van der Waals surface area contributed by atoms with Crippen molar-refractivity contribution in [1.29, 1.82) is 0 Å². The predicted molar refractivity (Wildman–Crippen MR) is 111 cm³/mol. The third-order valence-corrected chi connectivity index (χ3v) is 6.23. The highest BCUT2D eigenvalue weighted by atomic mass is 16.5. The summed E-state index contributed by atoms with van der Waals surface area (Å²) in [5.41, 5.74) is 4.74. The van der Waals surface area contributed by atoms with Crippen LogP contribution in [0.1, 0.15) is 52.7 Å². The lowest BCUT2D eigenvalue weighted by Gasteiger charge is -2.34. The van der Waals surface area contributed by atoms with E-state index in [1.54, 1.807) is 13.3 Å². The zero-order chi connectivity index (χ0) is 20.5. The number of carbonyl (C=O) groups is 2. The summed E-state index contributed by atoms with van der Waals surface area (Å²) in [6, 6.07) is 8.02. The van der Waals surface area contributed by atoms with Gasteiger partial charge < -0.3 is 15.0 Å². The first kappa shape index (κ1) is 19.4. The second-order valence-corrected chi connectivity index (χ2v) is 8.08. The summed E-state index contributed by atoms with van der Waals surface area (Å²) < 4.78 is 5.17. The van der Waals surface area contributed by atoms with Crippen LogP contribution in [0.2, 0.25) is 0 Å². The van der Waals surface area contributed by atoms with Crippen molar-refractivity contribution in [3.05, 3.63) is 52.7 Å². The minimum absolute atomic E-state index is 0.0293. The second kappa shape index (κ2) is 7.85. The molecule has 0 bridgehead atoms. The van der Waals surface area contributed by atoms with Crippen molar-refractivity contribution in [2.24, 2.45) is 5.92 Å². The Bertz CT molecular complexity index is 948. The maximum absolute atomic E-state index is 12.8. The van der Waals surface area contributed by atoms with Crippen molar-refractivity contribution in [1.82, 2.24) is 9.88 Å². The van der Waals surface area contributed by atoms with Gasteiger partial charge in [0, 0.05) is 29.6 Å². The first-order chi connectivity index (χ1) is 14.0. The molecule has 1 aliphatic carbocycles. The highest BCUT2D eigenvalue weighted by molar-refractivity contribution is 5.99. The fourth-order valence-corrected chi connectivity index (χ4v) is 4.54. The molecular weight excluding hydrogens is 366 g/mol. The number of fused-ring (bicyclic) bond motifs is 1. The summed E-state index contributed by atoms with van der Waals surface area (Å²) in [5.74, 6) is 0.698. The summed E-state index contributed by atoms with van der Waals surface area (Å²) in [6.07, 6.45) is 4.92. The van der Waals surface area contributed by atoms with Gasteiger partial charge in [0.2, 0.25) is 11.8 Å². The molecule has 0 atom stereocenters. The molecule has 0 saturated heterocycles. The van der Waals surface area contributed by atoms with Gasteiger partial charge >= 0.3 is 0 Å². The first-order valence-electron chi connectivity index (χ1n) is 10.2. The van der Waals surface area contributed by atoms with E-state index in [4.69, 9.17) is 4.74 Å². The zero-order valence-corrected chi connectivity index (χ0v) is 17.2. The molecular formula is C23H27N3O3. The molecule has 1 aromatic carbocycles. The Morgan fingerprint density at radius 1 is 1.17 bits per heavy atom. The molecule has 2 aliphatic rings. The average Bonchev–Trinajstić information content (AvgIpc) is 3.06. The second-order valence-electron chi connectivity index (χ2n) is 8.08. The summed E-state index contributed by atoms with van der Waals surface area (Å²) >= 11 is 0. The van der Waals surface area contributed by atoms with E-state index in [0.717, 1.165) is 42.4 Å². The molecule has 1 aliphatic heterocycles. The molecule has 0 unspecified atom stereocenters. The molecule has 29 heavy (non-hydrogen) atoms. The van der Waals surface area contributed by atoms with Crippen molar-refractivity contribution in [2.45, 2.75) is 52.1 Å². The average molecular weight is 393 g/mol. The van der Waals surface area contributed by atoms with Crippen molar-refractivity contribution in [3.63, 3.8) is 0 Å². The van der Waals surface area contributed by atoms with Gasteiger partial charge in [0.1, 0.15) is 0 Å². The maximum atomic E-state index is 12.8. The van der Waals surface area contributed by atoms with Gasteiger partial charge in [-0.05, 0) is 62.8 Å². The molecule has 1 saturated carbocycles. The van der Waals surface area contributed by atoms with Crippen molar-refractivity contribution in [3.8, 4) is 5.88 Å². The minimum atomic E-state index is -0.0320. The number of ether oxygens (including phenoxy) is 1. The Labute approximate surface area is 171 Å². The lowest BCUT2D eigenvalue weighted by Crippen LogP contribution is -2.40. The summed E-state index contributed by atoms with van der Waals surface area (Å²) in [5, 5.41) is 2.98. The lowest BCUT2D eigenvalue weighted by atomic mass is 9.84. The van der Waals surface area contributed by atoms with Gasteiger partial charge in [-0.2, -0.15) is 0 Å². The topological polar surface area (TPSA) is 71.5 Å². The van der Waals surface area contributed by atoms with Crippen molar-refractivity contribution in [2.75, 3.05) is 12.4 Å². The molecule has 0 spiro atoms. The highest BCUT2D eigenvalue weighted by Gasteiger charge is 2.36. The van der Waals surface area contributed by atoms with E-state index in [-0.39, 0.29) is 23.8 Å². The first-order valence-corrected chi connectivity index (χ1v) is 10.2. The summed E-state index contributed by atoms with van der Waals surface area (Å²) in [6.45, 7) is 4.66. The number of nitrogens with one attached hydrogen (secondary N) is 1. The van der Waals surface area contributed by atoms with Crippen LogP contribution in [0.25, 0.3) is 0 Å². The fourth-order valence-electron chi connectivity index (χ4n) is 4.54. The molecule has 2 aromatic rings. The van der Waals surface area contributed by atoms with Crippen LogP contribution in [0.4, 0.5) is 5.69 Å². The maximum Gasteiger partial charge on any atom is 0.254 e. The number of carbonyl (C=O) groups excluding carboxylic acids is 2. The van der Waals surface area contributed by atoms with E-state index in [2.05, 4.69) is 23.3 Å². The van der Waals surface area contributed by atoms with E-state index in [1.807, 2.05) is 30.0 Å². The van der Waals surface area contributed by atoms with Crippen LogP contribution >= 0.6 is 0 Å². The number of rotatable bonds is 4. The molecule has 4 rings (SSSR count). The molecule has 2 amide bonds. The SMILES string of the molecule is COc1ncc(NC(=O)C2CCC(N3Cc4c(C)cccc4C3=O)CC2)cc1C. The molecule has 1 aromatic heterocycles. The minimum Gasteiger partial charge on any atom is -0.481 e. The van der Waals surface area contributed by atoms with Gasteiger partial charge in [-0.1, -0.05) is 12.1 Å². The molecule has 1 fully saturated rings. The number of amides is 2. The van der Waals surface area contributed by atoms with Gasteiger partial charge in [-0.25, -0.2) is 4.98 Å². The number of pyridine rings is 1. The molecule has 6 heteroatoms. The molecule has 0 radical (unpaired) electrons. The number of aryl methyl sites for hydroxylation is 2. The lowest BCUT2D eigenvalue weighted by molar-refractivity contribution is -0.121. The Morgan fingerprint density at radius 3 is 2.59 bits per heavy atom. The molecule has 2 heterocycles. The third-order valence-electron chi connectivity index (χ3n) is 6.23. The van der Waals surface area contributed by atoms with Crippen molar-refractivity contribution >= 4 is 17.5 Å². The van der Waals surface area contributed by atoms with Gasteiger partial charge in [0.15, 0.2) is 0 Å². The number of methoxy groups -OCH3 is 1. The fraction of sp³-hybridized carbons (Fsp3) is 0.435. The number of benzene rings is 1. The standard InChI is InChI=1S/C23H27N3O3/c1-14-5-4-6-19-20(14)13-26(23(19)28)18-9-7-16(8-10-18)21(27)25-17-11-15(2)22(29-3)24-12-17/h4-6,11-12,16,18H,7-10,13H2,1-3H3,(H,25,27). The van der Waals surface area contributed by atoms with Gasteiger partial charge in [0.25, 0.3) is 5.91 Å². The Morgan fingerprint density at radius 2 is 1.93 bits per heavy atom. The molecule has 1 N–H and O–H groups in total. The van der Waals surface area contributed by atoms with Gasteiger partial charge in [0.05, 0.1) is 19.0 Å². The van der Waals surface area contributed by atoms with E-state index < -0.39 is 0 Å². The quantitative estimate of drug-likeness (QED) is 0.856. The number of nitrogens with zero attached hydrogens (tertiary/aromatic N) is 2. The number of anilines is 1. The summed E-state index contributed by atoms with van der Waals surface area (Å²) in [4.78, 5) is 31.7. The van der Waals surface area contributed by atoms with E-state index in [0.29, 0.717) is 18.1 Å². The van der Waals surface area contributed by atoms with E-state index >= 15 is 0 Å². The van der Waals surface area contributed by atoms with Gasteiger partial charge in [-0.3, -0.25) is 9.59 Å². The van der Waals surface area contributed by atoms with Gasteiger partial charge in [-0.15, -0.1) is 0 Å². The largest absolute Gasteiger partial charge is 0.481 e. The van der Waals surface area contributed by atoms with Crippen LogP contribution in [0.5, 0.6) is 5.88 Å². The van der Waals surface area contributed by atoms with Crippen LogP contribution in [0.15, 0.2) is 30.5 Å². The van der Waals surface area contributed by atoms with Crippen LogP contribution < -0.4 is 10.1 Å². The highest BCUT2D eigenvalue weighted by Crippen LogP contribution is 2.34. The molecule has 6 nitrogen and oxygen atoms in total. The Hall–Kier alpha value is -2.89. The zero-order valence-electron chi connectivity index (χ0n) is 17.2. The number of aromatic nitrogens is 1. The van der Waals surface area contributed by atoms with Crippen LogP contribution in [0, 0.1) is 19.8 Å². The third kappa shape index (κ3) is 3.71. The number of hydrogen-bond donors (Lipinski definition) is 1. The predicted octanol–water partition coefficient (Wildman–Crippen LogP) is 3.86. The smallest absolute Gasteiger partial charge is 0.254 e. The van der Waals surface area contributed by atoms with Crippen LogP contribution in [-0.4, -0.2) is 34.8 Å². The Kier molecular flexibility index (Phi) is 5.26. The molecule has 152 valence electrons. The normalized spacial score (nSPS) is 21.1. The van der Waals surface area contributed by atoms with Crippen LogP contribution in [-0.2, 0) is 11.3 Å². The van der Waals surface area contributed by atoms with Crippen molar-refractivity contribution < 1.29 is 14.3 Å². The van der Waals surface area contributed by atoms with Crippen LogP contribution in [0.3, 0.4) is 0 Å².